The highest BCUT2D eigenvalue weighted by molar-refractivity contribution is 6.31. The number of likely N-dealkylation sites (N-methyl/N-ethyl adjacent to an activating group) is 1. The summed E-state index contributed by atoms with van der Waals surface area (Å²) >= 11 is 6.11. The molecule has 4 nitrogen and oxygen atoms in total. The Morgan fingerprint density at radius 2 is 1.59 bits per heavy atom. The van der Waals surface area contributed by atoms with Crippen molar-refractivity contribution in [1.82, 2.24) is 10.2 Å². The van der Waals surface area contributed by atoms with Gasteiger partial charge >= 0.3 is 0 Å². The molecule has 32 heavy (non-hydrogen) atoms. The van der Waals surface area contributed by atoms with Crippen molar-refractivity contribution in [1.29, 1.82) is 0 Å². The molecule has 166 valence electrons. The van der Waals surface area contributed by atoms with Crippen molar-refractivity contribution in [2.75, 3.05) is 7.05 Å². The molecule has 2 amide bonds. The van der Waals surface area contributed by atoms with Crippen molar-refractivity contribution in [3.63, 3.8) is 0 Å². The molecular weight excluding hydrogens is 434 g/mol. The van der Waals surface area contributed by atoms with E-state index in [0.717, 1.165) is 5.56 Å². The van der Waals surface area contributed by atoms with Crippen LogP contribution in [-0.2, 0) is 29.0 Å². The van der Waals surface area contributed by atoms with E-state index in [1.165, 1.54) is 36.2 Å². The Hall–Kier alpha value is -3.25. The van der Waals surface area contributed by atoms with Crippen LogP contribution in [0.1, 0.15) is 16.7 Å². The number of halogens is 3. The second-order valence-corrected chi connectivity index (χ2v) is 7.72. The molecule has 0 saturated heterocycles. The molecule has 3 aromatic carbocycles. The fraction of sp³-hybridized carbons (Fsp3) is 0.200. The van der Waals surface area contributed by atoms with Crippen LogP contribution in [0.3, 0.4) is 0 Å². The summed E-state index contributed by atoms with van der Waals surface area (Å²) in [5.41, 5.74) is 1.12. The highest BCUT2D eigenvalue weighted by Crippen LogP contribution is 2.23. The summed E-state index contributed by atoms with van der Waals surface area (Å²) in [5.74, 6) is -2.05. The Morgan fingerprint density at radius 3 is 2.25 bits per heavy atom. The number of hydrogen-bond acceptors (Lipinski definition) is 2. The summed E-state index contributed by atoms with van der Waals surface area (Å²) < 4.78 is 28.8. The highest BCUT2D eigenvalue weighted by atomic mass is 35.5. The van der Waals surface area contributed by atoms with Crippen LogP contribution in [0, 0.1) is 11.6 Å². The van der Waals surface area contributed by atoms with Gasteiger partial charge in [-0.2, -0.15) is 0 Å². The average molecular weight is 457 g/mol. The first-order valence-corrected chi connectivity index (χ1v) is 10.5. The smallest absolute Gasteiger partial charge is 0.242 e. The third-order valence-electron chi connectivity index (χ3n) is 5.21. The molecule has 0 aliphatic heterocycles. The Balaban J connectivity index is 1.99. The first-order chi connectivity index (χ1) is 15.4. The summed E-state index contributed by atoms with van der Waals surface area (Å²) in [4.78, 5) is 27.5. The second-order valence-electron chi connectivity index (χ2n) is 7.31. The monoisotopic (exact) mass is 456 g/mol. The molecule has 0 spiro atoms. The molecular formula is C25H23ClF2N2O2. The molecule has 1 N–H and O–H groups in total. The fourth-order valence-electron chi connectivity index (χ4n) is 3.48. The summed E-state index contributed by atoms with van der Waals surface area (Å²) in [6.07, 6.45) is -0.145. The first-order valence-electron chi connectivity index (χ1n) is 10.1. The van der Waals surface area contributed by atoms with E-state index in [4.69, 9.17) is 11.6 Å². The van der Waals surface area contributed by atoms with Gasteiger partial charge in [0.1, 0.15) is 17.7 Å². The Morgan fingerprint density at radius 1 is 0.938 bits per heavy atom. The van der Waals surface area contributed by atoms with Gasteiger partial charge in [-0.15, -0.1) is 0 Å². The number of nitrogens with one attached hydrogen (secondary N) is 1. The zero-order chi connectivity index (χ0) is 23.1. The molecule has 3 rings (SSSR count). The second kappa shape index (κ2) is 10.9. The van der Waals surface area contributed by atoms with E-state index in [0.29, 0.717) is 0 Å². The van der Waals surface area contributed by atoms with Crippen molar-refractivity contribution < 1.29 is 18.4 Å². The summed E-state index contributed by atoms with van der Waals surface area (Å²) in [7, 11) is 1.47. The quantitative estimate of drug-likeness (QED) is 0.540. The number of nitrogens with zero attached hydrogens (tertiary/aromatic N) is 1. The third kappa shape index (κ3) is 5.71. The zero-order valence-corrected chi connectivity index (χ0v) is 18.3. The van der Waals surface area contributed by atoms with Crippen LogP contribution < -0.4 is 5.32 Å². The minimum Gasteiger partial charge on any atom is -0.357 e. The normalized spacial score (nSPS) is 11.6. The molecule has 7 heteroatoms. The molecule has 0 fully saturated rings. The van der Waals surface area contributed by atoms with Crippen LogP contribution >= 0.6 is 11.6 Å². The van der Waals surface area contributed by atoms with E-state index in [2.05, 4.69) is 5.32 Å². The first kappa shape index (κ1) is 23.4. The van der Waals surface area contributed by atoms with Gasteiger partial charge in [0.2, 0.25) is 11.8 Å². The van der Waals surface area contributed by atoms with E-state index in [9.17, 15) is 18.4 Å². The van der Waals surface area contributed by atoms with Crippen molar-refractivity contribution in [3.8, 4) is 0 Å². The molecule has 0 heterocycles. The lowest BCUT2D eigenvalue weighted by Crippen LogP contribution is -2.50. The molecule has 0 unspecified atom stereocenters. The molecule has 3 aromatic rings. The average Bonchev–Trinajstić information content (AvgIpc) is 2.80. The van der Waals surface area contributed by atoms with Gasteiger partial charge in [-0.3, -0.25) is 9.59 Å². The number of hydrogen-bond donors (Lipinski definition) is 1. The van der Waals surface area contributed by atoms with E-state index in [1.54, 1.807) is 18.2 Å². The maximum absolute atomic E-state index is 14.4. The van der Waals surface area contributed by atoms with Crippen molar-refractivity contribution in [2.24, 2.45) is 0 Å². The van der Waals surface area contributed by atoms with Gasteiger partial charge in [0, 0.05) is 36.2 Å². The Labute approximate surface area is 190 Å². The molecule has 0 bridgehead atoms. The number of carbonyl (C=O) groups is 2. The van der Waals surface area contributed by atoms with E-state index >= 15 is 0 Å². The lowest BCUT2D eigenvalue weighted by molar-refractivity contribution is -0.140. The predicted octanol–water partition coefficient (Wildman–Crippen LogP) is 4.55. The molecule has 1 atom stereocenters. The van der Waals surface area contributed by atoms with Gasteiger partial charge in [-0.25, -0.2) is 8.78 Å². The third-order valence-corrected chi connectivity index (χ3v) is 5.56. The van der Waals surface area contributed by atoms with Gasteiger partial charge in [-0.05, 0) is 23.8 Å². The van der Waals surface area contributed by atoms with Crippen LogP contribution in [0.2, 0.25) is 5.02 Å². The van der Waals surface area contributed by atoms with Crippen LogP contribution in [-0.4, -0.2) is 29.8 Å². The van der Waals surface area contributed by atoms with E-state index in [1.807, 2.05) is 30.3 Å². The van der Waals surface area contributed by atoms with Crippen LogP contribution in [0.25, 0.3) is 0 Å². The van der Waals surface area contributed by atoms with Gasteiger partial charge in [0.25, 0.3) is 0 Å². The molecule has 0 aliphatic rings. The zero-order valence-electron chi connectivity index (χ0n) is 17.5. The highest BCUT2D eigenvalue weighted by Gasteiger charge is 2.31. The molecule has 0 radical (unpaired) electrons. The van der Waals surface area contributed by atoms with Gasteiger partial charge in [0.05, 0.1) is 6.42 Å². The standard InChI is InChI=1S/C25H23ClF2N2O2/c1-29-25(32)23(14-17-8-3-2-4-9-17)30(16-18-10-5-6-12-21(18)27)24(31)15-19-20(26)11-7-13-22(19)28/h2-13,23H,14-16H2,1H3,(H,29,32)/t23-/m0/s1. The lowest BCUT2D eigenvalue weighted by atomic mass is 10.0. The summed E-state index contributed by atoms with van der Waals surface area (Å²) in [5, 5.41) is 2.70. The number of benzene rings is 3. The number of amides is 2. The lowest BCUT2D eigenvalue weighted by Gasteiger charge is -2.31. The number of carbonyl (C=O) groups excluding carboxylic acids is 2. The largest absolute Gasteiger partial charge is 0.357 e. The minimum absolute atomic E-state index is 0.0352. The van der Waals surface area contributed by atoms with E-state index < -0.39 is 29.5 Å². The Bertz CT molecular complexity index is 1070. The summed E-state index contributed by atoms with van der Waals surface area (Å²) in [6, 6.07) is 18.5. The SMILES string of the molecule is CNC(=O)[C@H](Cc1ccccc1)N(Cc1ccccc1F)C(=O)Cc1c(F)cccc1Cl. The van der Waals surface area contributed by atoms with Crippen LogP contribution in [0.5, 0.6) is 0 Å². The van der Waals surface area contributed by atoms with Crippen molar-refractivity contribution in [2.45, 2.75) is 25.4 Å². The van der Waals surface area contributed by atoms with E-state index in [-0.39, 0.29) is 35.5 Å². The maximum atomic E-state index is 14.4. The summed E-state index contributed by atoms with van der Waals surface area (Å²) in [6.45, 7) is -0.150. The topological polar surface area (TPSA) is 49.4 Å². The Kier molecular flexibility index (Phi) is 7.95. The maximum Gasteiger partial charge on any atom is 0.242 e. The molecule has 0 aromatic heterocycles. The number of rotatable bonds is 8. The molecule has 0 saturated carbocycles. The van der Waals surface area contributed by atoms with Crippen molar-refractivity contribution >= 4 is 23.4 Å². The molecule has 0 aliphatic carbocycles. The van der Waals surface area contributed by atoms with Gasteiger partial charge in [-0.1, -0.05) is 66.2 Å². The van der Waals surface area contributed by atoms with Crippen LogP contribution in [0.15, 0.2) is 72.8 Å². The van der Waals surface area contributed by atoms with Crippen LogP contribution in [0.4, 0.5) is 8.78 Å². The fourth-order valence-corrected chi connectivity index (χ4v) is 3.71. The van der Waals surface area contributed by atoms with Gasteiger partial charge in [0.15, 0.2) is 0 Å². The van der Waals surface area contributed by atoms with Crippen molar-refractivity contribution in [3.05, 3.63) is 106 Å². The van der Waals surface area contributed by atoms with Gasteiger partial charge < -0.3 is 10.2 Å². The minimum atomic E-state index is -0.931. The predicted molar refractivity (Wildman–Crippen MR) is 120 cm³/mol.